The van der Waals surface area contributed by atoms with E-state index in [1.807, 2.05) is 24.3 Å². The molecule has 2 heterocycles. The molecule has 3 aromatic rings. The van der Waals surface area contributed by atoms with Gasteiger partial charge in [0.25, 0.3) is 0 Å². The summed E-state index contributed by atoms with van der Waals surface area (Å²) in [4.78, 5) is 12.2. The second-order valence-electron chi connectivity index (χ2n) is 5.43. The molecule has 0 aliphatic carbocycles. The zero-order valence-corrected chi connectivity index (χ0v) is 16.3. The minimum atomic E-state index is -0.236. The van der Waals surface area contributed by atoms with Crippen molar-refractivity contribution in [3.8, 4) is 0 Å². The van der Waals surface area contributed by atoms with E-state index in [2.05, 4.69) is 31.4 Å². The fourth-order valence-electron chi connectivity index (χ4n) is 2.23. The van der Waals surface area contributed by atoms with Crippen molar-refractivity contribution in [1.29, 1.82) is 0 Å². The second kappa shape index (κ2) is 7.59. The summed E-state index contributed by atoms with van der Waals surface area (Å²) >= 11 is 15.2. The Morgan fingerprint density at radius 2 is 2.00 bits per heavy atom. The second-order valence-corrected chi connectivity index (χ2v) is 7.13. The SMILES string of the molecule is Cc1c(Cl)cnn1CC(=O)Nc1nn(Cc2ccc(Cl)cc2)cc1Br. The van der Waals surface area contributed by atoms with Gasteiger partial charge in [-0.1, -0.05) is 35.3 Å². The van der Waals surface area contributed by atoms with Crippen molar-refractivity contribution >= 4 is 50.9 Å². The Bertz CT molecular complexity index is 904. The lowest BCUT2D eigenvalue weighted by molar-refractivity contribution is -0.117. The molecule has 0 atom stereocenters. The van der Waals surface area contributed by atoms with Crippen LogP contribution in [0.1, 0.15) is 11.3 Å². The van der Waals surface area contributed by atoms with Crippen molar-refractivity contribution in [2.45, 2.75) is 20.0 Å². The number of nitrogens with one attached hydrogen (secondary N) is 1. The number of halogens is 3. The molecule has 0 aliphatic heterocycles. The molecule has 6 nitrogen and oxygen atoms in total. The van der Waals surface area contributed by atoms with Crippen LogP contribution in [0.25, 0.3) is 0 Å². The molecule has 0 spiro atoms. The molecule has 0 bridgehead atoms. The van der Waals surface area contributed by atoms with E-state index in [0.29, 0.717) is 26.9 Å². The Balaban J connectivity index is 1.66. The largest absolute Gasteiger partial charge is 0.307 e. The highest BCUT2D eigenvalue weighted by Crippen LogP contribution is 2.21. The van der Waals surface area contributed by atoms with Crippen LogP contribution in [0, 0.1) is 6.92 Å². The fraction of sp³-hybridized carbons (Fsp3) is 0.188. The molecule has 0 fully saturated rings. The Labute approximate surface area is 162 Å². The van der Waals surface area contributed by atoms with E-state index in [9.17, 15) is 4.79 Å². The van der Waals surface area contributed by atoms with Crippen molar-refractivity contribution in [1.82, 2.24) is 19.6 Å². The summed E-state index contributed by atoms with van der Waals surface area (Å²) in [7, 11) is 0. The molecule has 0 aliphatic rings. The van der Waals surface area contributed by atoms with Crippen LogP contribution in [-0.2, 0) is 17.9 Å². The van der Waals surface area contributed by atoms with E-state index in [0.717, 1.165) is 11.3 Å². The van der Waals surface area contributed by atoms with Crippen molar-refractivity contribution in [3.05, 3.63) is 62.4 Å². The number of rotatable bonds is 5. The van der Waals surface area contributed by atoms with Gasteiger partial charge in [-0.15, -0.1) is 0 Å². The predicted octanol–water partition coefficient (Wildman–Crippen LogP) is 4.14. The van der Waals surface area contributed by atoms with E-state index < -0.39 is 0 Å². The smallest absolute Gasteiger partial charge is 0.247 e. The maximum absolute atomic E-state index is 12.2. The third kappa shape index (κ3) is 4.42. The van der Waals surface area contributed by atoms with Crippen LogP contribution in [0.5, 0.6) is 0 Å². The molecule has 0 saturated heterocycles. The number of anilines is 1. The third-order valence-corrected chi connectivity index (χ3v) is 4.77. The summed E-state index contributed by atoms with van der Waals surface area (Å²) in [5, 5.41) is 12.4. The molecule has 2 aromatic heterocycles. The predicted molar refractivity (Wildman–Crippen MR) is 101 cm³/mol. The Morgan fingerprint density at radius 3 is 2.64 bits per heavy atom. The summed E-state index contributed by atoms with van der Waals surface area (Å²) in [6.07, 6.45) is 3.32. The number of hydrogen-bond donors (Lipinski definition) is 1. The molecule has 130 valence electrons. The fourth-order valence-corrected chi connectivity index (χ4v) is 2.91. The lowest BCUT2D eigenvalue weighted by Crippen LogP contribution is -2.20. The van der Waals surface area contributed by atoms with Crippen molar-refractivity contribution in [3.63, 3.8) is 0 Å². The number of hydrogen-bond acceptors (Lipinski definition) is 3. The number of amides is 1. The number of nitrogens with zero attached hydrogens (tertiary/aromatic N) is 4. The summed E-state index contributed by atoms with van der Waals surface area (Å²) in [5.74, 6) is 0.218. The standard InChI is InChI=1S/C16H14BrCl2N5O/c1-10-14(19)6-20-24(10)9-15(25)21-16-13(17)8-23(22-16)7-11-2-4-12(18)5-3-11/h2-6,8H,7,9H2,1H3,(H,21,22,25). The maximum Gasteiger partial charge on any atom is 0.247 e. The first-order valence-electron chi connectivity index (χ1n) is 7.37. The van der Waals surface area contributed by atoms with Gasteiger partial charge in [-0.05, 0) is 40.5 Å². The van der Waals surface area contributed by atoms with Crippen LogP contribution >= 0.6 is 39.1 Å². The van der Waals surface area contributed by atoms with Crippen molar-refractivity contribution < 1.29 is 4.79 Å². The van der Waals surface area contributed by atoms with E-state index in [4.69, 9.17) is 23.2 Å². The molecule has 1 N–H and O–H groups in total. The van der Waals surface area contributed by atoms with E-state index >= 15 is 0 Å². The first kappa shape index (κ1) is 18.0. The van der Waals surface area contributed by atoms with Gasteiger partial charge in [0.05, 0.1) is 27.9 Å². The summed E-state index contributed by atoms with van der Waals surface area (Å²) < 4.78 is 3.97. The van der Waals surface area contributed by atoms with Crippen LogP contribution in [0.15, 0.2) is 41.1 Å². The van der Waals surface area contributed by atoms with Crippen LogP contribution in [0.2, 0.25) is 10.0 Å². The monoisotopic (exact) mass is 441 g/mol. The van der Waals surface area contributed by atoms with E-state index in [1.165, 1.54) is 10.9 Å². The van der Waals surface area contributed by atoms with Crippen LogP contribution in [-0.4, -0.2) is 25.5 Å². The molecule has 25 heavy (non-hydrogen) atoms. The number of benzene rings is 1. The van der Waals surface area contributed by atoms with Gasteiger partial charge in [-0.25, -0.2) is 0 Å². The van der Waals surface area contributed by atoms with Gasteiger partial charge < -0.3 is 5.32 Å². The normalized spacial score (nSPS) is 10.9. The highest BCUT2D eigenvalue weighted by molar-refractivity contribution is 9.10. The quantitative estimate of drug-likeness (QED) is 0.645. The maximum atomic E-state index is 12.2. The summed E-state index contributed by atoms with van der Waals surface area (Å²) in [6, 6.07) is 7.52. The number of aromatic nitrogens is 4. The molecule has 1 aromatic carbocycles. The minimum Gasteiger partial charge on any atom is -0.307 e. The Kier molecular flexibility index (Phi) is 5.46. The third-order valence-electron chi connectivity index (χ3n) is 3.57. The lowest BCUT2D eigenvalue weighted by Gasteiger charge is -2.05. The van der Waals surface area contributed by atoms with E-state index in [-0.39, 0.29) is 12.5 Å². The molecule has 0 unspecified atom stereocenters. The van der Waals surface area contributed by atoms with Crippen LogP contribution < -0.4 is 5.32 Å². The lowest BCUT2D eigenvalue weighted by atomic mass is 10.2. The summed E-state index contributed by atoms with van der Waals surface area (Å²) in [6.45, 7) is 2.44. The first-order valence-corrected chi connectivity index (χ1v) is 8.92. The van der Waals surface area contributed by atoms with Gasteiger partial charge in [0, 0.05) is 11.2 Å². The van der Waals surface area contributed by atoms with Gasteiger partial charge in [0.15, 0.2) is 5.82 Å². The Hall–Kier alpha value is -1.83. The molecule has 3 rings (SSSR count). The molecular formula is C16H14BrCl2N5O. The topological polar surface area (TPSA) is 64.7 Å². The van der Waals surface area contributed by atoms with Crippen LogP contribution in [0.3, 0.4) is 0 Å². The molecule has 0 radical (unpaired) electrons. The number of carbonyl (C=O) groups excluding carboxylic acids is 1. The van der Waals surface area contributed by atoms with Crippen LogP contribution in [0.4, 0.5) is 5.82 Å². The van der Waals surface area contributed by atoms with Gasteiger partial charge in [-0.2, -0.15) is 10.2 Å². The first-order chi connectivity index (χ1) is 11.9. The average Bonchev–Trinajstić information content (AvgIpc) is 3.06. The molecule has 9 heteroatoms. The van der Waals surface area contributed by atoms with Gasteiger partial charge in [0.1, 0.15) is 6.54 Å². The highest BCUT2D eigenvalue weighted by atomic mass is 79.9. The molecular weight excluding hydrogens is 429 g/mol. The average molecular weight is 443 g/mol. The molecule has 0 saturated carbocycles. The Morgan fingerprint density at radius 1 is 1.28 bits per heavy atom. The zero-order chi connectivity index (χ0) is 18.0. The van der Waals surface area contributed by atoms with E-state index in [1.54, 1.807) is 17.8 Å². The van der Waals surface area contributed by atoms with Gasteiger partial charge in [0.2, 0.25) is 5.91 Å². The van der Waals surface area contributed by atoms with Gasteiger partial charge >= 0.3 is 0 Å². The molecule has 1 amide bonds. The minimum absolute atomic E-state index is 0.0645. The van der Waals surface area contributed by atoms with Gasteiger partial charge in [-0.3, -0.25) is 14.2 Å². The van der Waals surface area contributed by atoms with Crippen molar-refractivity contribution in [2.24, 2.45) is 0 Å². The zero-order valence-electron chi connectivity index (χ0n) is 13.2. The highest BCUT2D eigenvalue weighted by Gasteiger charge is 2.13. The number of carbonyl (C=O) groups is 1. The summed E-state index contributed by atoms with van der Waals surface area (Å²) in [5.41, 5.74) is 1.79. The van der Waals surface area contributed by atoms with Crippen molar-refractivity contribution in [2.75, 3.05) is 5.32 Å².